The number of hydrogen-bond acceptors (Lipinski definition) is 3. The quantitative estimate of drug-likeness (QED) is 0.350. The van der Waals surface area contributed by atoms with Crippen LogP contribution >= 0.6 is 24.0 Å². The second kappa shape index (κ2) is 11.4. The lowest BCUT2D eigenvalue weighted by Crippen LogP contribution is -2.40. The molecule has 2 atom stereocenters. The Bertz CT molecular complexity index is 774. The lowest BCUT2D eigenvalue weighted by molar-refractivity contribution is 0.414. The Morgan fingerprint density at radius 3 is 2.72 bits per heavy atom. The number of ether oxygens (including phenoxy) is 1. The highest BCUT2D eigenvalue weighted by Crippen LogP contribution is 2.22. The minimum absolute atomic E-state index is 0. The van der Waals surface area contributed by atoms with Crippen molar-refractivity contribution in [3.05, 3.63) is 47.8 Å². The lowest BCUT2D eigenvalue weighted by Gasteiger charge is -2.22. The van der Waals surface area contributed by atoms with Crippen LogP contribution in [0.4, 0.5) is 0 Å². The average molecular weight is 511 g/mol. The van der Waals surface area contributed by atoms with Crippen LogP contribution in [0.5, 0.6) is 5.75 Å². The van der Waals surface area contributed by atoms with E-state index in [1.54, 1.807) is 7.11 Å². The Hall–Kier alpha value is -1.77. The van der Waals surface area contributed by atoms with E-state index < -0.39 is 0 Å². The molecule has 1 aliphatic heterocycles. The number of aromatic nitrogens is 2. The van der Waals surface area contributed by atoms with Crippen LogP contribution < -0.4 is 10.1 Å². The minimum Gasteiger partial charge on any atom is -0.497 e. The Kier molecular flexibility index (Phi) is 9.26. The molecule has 7 heteroatoms. The molecule has 1 aromatic carbocycles. The first-order valence-corrected chi connectivity index (χ1v) is 10.2. The van der Waals surface area contributed by atoms with Gasteiger partial charge in [0.05, 0.1) is 13.3 Å². The lowest BCUT2D eigenvalue weighted by atomic mass is 9.98. The summed E-state index contributed by atoms with van der Waals surface area (Å²) in [4.78, 5) is 6.89. The van der Waals surface area contributed by atoms with Crippen molar-refractivity contribution in [3.8, 4) is 5.75 Å². The summed E-state index contributed by atoms with van der Waals surface area (Å²) in [5.74, 6) is 3.09. The molecule has 1 fully saturated rings. The van der Waals surface area contributed by atoms with Crippen molar-refractivity contribution in [2.45, 2.75) is 32.1 Å². The van der Waals surface area contributed by atoms with E-state index in [0.717, 1.165) is 44.2 Å². The Labute approximate surface area is 191 Å². The van der Waals surface area contributed by atoms with E-state index in [4.69, 9.17) is 4.74 Å². The molecule has 0 radical (unpaired) electrons. The third-order valence-electron chi connectivity index (χ3n) is 5.63. The van der Waals surface area contributed by atoms with E-state index in [2.05, 4.69) is 45.6 Å². The largest absolute Gasteiger partial charge is 0.497 e. The van der Waals surface area contributed by atoms with Crippen molar-refractivity contribution in [1.29, 1.82) is 0 Å². The van der Waals surface area contributed by atoms with Crippen molar-refractivity contribution in [3.63, 3.8) is 0 Å². The number of halogens is 1. The fourth-order valence-electron chi connectivity index (χ4n) is 3.93. The molecule has 1 N–H and O–H groups in total. The molecule has 0 saturated carbocycles. The molecule has 2 heterocycles. The summed E-state index contributed by atoms with van der Waals surface area (Å²) in [7, 11) is 5.56. The molecule has 0 aliphatic carbocycles. The maximum absolute atomic E-state index is 5.24. The zero-order valence-electron chi connectivity index (χ0n) is 18.0. The van der Waals surface area contributed by atoms with Crippen LogP contribution in [-0.4, -0.2) is 54.4 Å². The molecule has 1 aliphatic rings. The molecule has 29 heavy (non-hydrogen) atoms. The molecule has 3 rings (SSSR count). The van der Waals surface area contributed by atoms with E-state index in [-0.39, 0.29) is 24.0 Å². The van der Waals surface area contributed by atoms with Gasteiger partial charge in [0.2, 0.25) is 0 Å². The predicted octanol–water partition coefficient (Wildman–Crippen LogP) is 3.68. The zero-order chi connectivity index (χ0) is 19.9. The third kappa shape index (κ3) is 6.62. The van der Waals surface area contributed by atoms with Crippen LogP contribution in [-0.2, 0) is 13.5 Å². The number of nitrogens with zero attached hydrogens (tertiary/aromatic N) is 4. The molecule has 0 bridgehead atoms. The fraction of sp³-hybridized carbons (Fsp3) is 0.545. The predicted molar refractivity (Wildman–Crippen MR) is 129 cm³/mol. The van der Waals surface area contributed by atoms with Gasteiger partial charge in [-0.05, 0) is 54.4 Å². The van der Waals surface area contributed by atoms with Gasteiger partial charge in [0.15, 0.2) is 5.96 Å². The summed E-state index contributed by atoms with van der Waals surface area (Å²) in [5, 5.41) is 7.84. The molecule has 2 unspecified atom stereocenters. The van der Waals surface area contributed by atoms with Crippen LogP contribution in [0.2, 0.25) is 0 Å². The Morgan fingerprint density at radius 1 is 1.34 bits per heavy atom. The van der Waals surface area contributed by atoms with E-state index in [1.165, 1.54) is 17.5 Å². The van der Waals surface area contributed by atoms with Gasteiger partial charge in [-0.1, -0.05) is 19.1 Å². The second-order valence-electron chi connectivity index (χ2n) is 7.76. The summed E-state index contributed by atoms with van der Waals surface area (Å²) in [6.45, 7) is 5.32. The van der Waals surface area contributed by atoms with Crippen molar-refractivity contribution < 1.29 is 4.74 Å². The topological polar surface area (TPSA) is 54.7 Å². The van der Waals surface area contributed by atoms with E-state index in [1.807, 2.05) is 37.1 Å². The number of nitrogens with one attached hydrogen (secondary N) is 1. The zero-order valence-corrected chi connectivity index (χ0v) is 20.3. The maximum atomic E-state index is 5.24. The standard InChI is InChI=1S/C22H33N5O.HI/c1-17(20-5-7-21(28-4)8-6-20)9-11-24-22(23-2)27-12-10-18(16-27)13-19-14-25-26(3)15-19;/h5-8,14-15,17-18H,9-13,16H2,1-4H3,(H,23,24);1H. The maximum Gasteiger partial charge on any atom is 0.193 e. The summed E-state index contributed by atoms with van der Waals surface area (Å²) in [6.07, 6.45) is 7.47. The summed E-state index contributed by atoms with van der Waals surface area (Å²) < 4.78 is 7.12. The summed E-state index contributed by atoms with van der Waals surface area (Å²) in [6, 6.07) is 8.37. The van der Waals surface area contributed by atoms with Crippen molar-refractivity contribution in [2.75, 3.05) is 33.8 Å². The van der Waals surface area contributed by atoms with Gasteiger partial charge in [0.25, 0.3) is 0 Å². The van der Waals surface area contributed by atoms with Gasteiger partial charge in [0.1, 0.15) is 5.75 Å². The van der Waals surface area contributed by atoms with Crippen molar-refractivity contribution >= 4 is 29.9 Å². The molecule has 6 nitrogen and oxygen atoms in total. The van der Waals surface area contributed by atoms with Crippen LogP contribution in [0, 0.1) is 5.92 Å². The van der Waals surface area contributed by atoms with Crippen LogP contribution in [0.1, 0.15) is 36.8 Å². The molecule has 160 valence electrons. The molecule has 0 amide bonds. The van der Waals surface area contributed by atoms with Crippen LogP contribution in [0.3, 0.4) is 0 Å². The van der Waals surface area contributed by atoms with Gasteiger partial charge in [-0.25, -0.2) is 0 Å². The smallest absolute Gasteiger partial charge is 0.193 e. The average Bonchev–Trinajstić information content (AvgIpc) is 3.34. The van der Waals surface area contributed by atoms with Gasteiger partial charge in [-0.3, -0.25) is 9.67 Å². The molecular weight excluding hydrogens is 477 g/mol. The number of rotatable bonds is 7. The van der Waals surface area contributed by atoms with Gasteiger partial charge >= 0.3 is 0 Å². The van der Waals surface area contributed by atoms with Crippen LogP contribution in [0.25, 0.3) is 0 Å². The second-order valence-corrected chi connectivity index (χ2v) is 7.76. The first-order valence-electron chi connectivity index (χ1n) is 10.2. The molecule has 2 aromatic rings. The SMILES string of the molecule is CN=C(NCCC(C)c1ccc(OC)cc1)N1CCC(Cc2cnn(C)c2)C1.I. The molecule has 1 saturated heterocycles. The number of likely N-dealkylation sites (tertiary alicyclic amines) is 1. The van der Waals surface area contributed by atoms with Gasteiger partial charge in [-0.15, -0.1) is 24.0 Å². The summed E-state index contributed by atoms with van der Waals surface area (Å²) in [5.41, 5.74) is 2.67. The normalized spacial score (nSPS) is 17.7. The first kappa shape index (κ1) is 23.5. The highest BCUT2D eigenvalue weighted by molar-refractivity contribution is 14.0. The van der Waals surface area contributed by atoms with E-state index >= 15 is 0 Å². The van der Waals surface area contributed by atoms with Crippen molar-refractivity contribution in [2.24, 2.45) is 18.0 Å². The van der Waals surface area contributed by atoms with E-state index in [9.17, 15) is 0 Å². The Balaban J connectivity index is 0.00000300. The van der Waals surface area contributed by atoms with Crippen molar-refractivity contribution in [1.82, 2.24) is 20.0 Å². The number of benzene rings is 1. The fourth-order valence-corrected chi connectivity index (χ4v) is 3.93. The number of aliphatic imine (C=N–C) groups is 1. The molecule has 0 spiro atoms. The van der Waals surface area contributed by atoms with Gasteiger partial charge in [0, 0.05) is 39.9 Å². The number of hydrogen-bond donors (Lipinski definition) is 1. The Morgan fingerprint density at radius 2 is 2.10 bits per heavy atom. The molecular formula is C22H34IN5O. The van der Waals surface area contributed by atoms with Crippen LogP contribution in [0.15, 0.2) is 41.7 Å². The van der Waals surface area contributed by atoms with E-state index in [0.29, 0.717) is 11.8 Å². The minimum atomic E-state index is 0. The van der Waals surface area contributed by atoms with Gasteiger partial charge in [-0.2, -0.15) is 5.10 Å². The highest BCUT2D eigenvalue weighted by Gasteiger charge is 2.25. The highest BCUT2D eigenvalue weighted by atomic mass is 127. The molecule has 1 aromatic heterocycles. The third-order valence-corrected chi connectivity index (χ3v) is 5.63. The first-order chi connectivity index (χ1) is 13.6. The number of guanidine groups is 1. The monoisotopic (exact) mass is 511 g/mol. The number of aryl methyl sites for hydroxylation is 1. The number of methoxy groups -OCH3 is 1. The van der Waals surface area contributed by atoms with Gasteiger partial charge < -0.3 is 15.0 Å². The summed E-state index contributed by atoms with van der Waals surface area (Å²) >= 11 is 0.